The van der Waals surface area contributed by atoms with Crippen molar-refractivity contribution in [3.05, 3.63) is 56.2 Å². The topological polar surface area (TPSA) is 134 Å². The first-order chi connectivity index (χ1) is 16.0. The Morgan fingerprint density at radius 3 is 2.38 bits per heavy atom. The smallest absolute Gasteiger partial charge is 0.332 e. The summed E-state index contributed by atoms with van der Waals surface area (Å²) < 4.78 is 7.13. The number of esters is 1. The highest BCUT2D eigenvalue weighted by molar-refractivity contribution is 6.02. The quantitative estimate of drug-likeness (QED) is 0.451. The van der Waals surface area contributed by atoms with Crippen LogP contribution in [0.5, 0.6) is 0 Å². The van der Waals surface area contributed by atoms with E-state index in [4.69, 9.17) is 10.5 Å². The van der Waals surface area contributed by atoms with Crippen molar-refractivity contribution in [1.29, 1.82) is 0 Å². The van der Waals surface area contributed by atoms with Crippen LogP contribution in [-0.4, -0.2) is 39.9 Å². The maximum atomic E-state index is 12.8. The van der Waals surface area contributed by atoms with E-state index in [0.717, 1.165) is 16.6 Å². The van der Waals surface area contributed by atoms with Crippen molar-refractivity contribution < 1.29 is 19.1 Å². The predicted molar refractivity (Wildman–Crippen MR) is 127 cm³/mol. The fourth-order valence-corrected chi connectivity index (χ4v) is 3.94. The number of ether oxygens (including phenoxy) is 1. The van der Waals surface area contributed by atoms with Crippen LogP contribution in [0.15, 0.2) is 33.9 Å². The van der Waals surface area contributed by atoms with Gasteiger partial charge in [0.25, 0.3) is 5.56 Å². The van der Waals surface area contributed by atoms with E-state index < -0.39 is 41.1 Å². The molecule has 1 aromatic heterocycles. The molecule has 3 rings (SSSR count). The number of nitrogen functional groups attached to an aromatic ring is 1. The molecular weight excluding hydrogens is 440 g/mol. The van der Waals surface area contributed by atoms with Gasteiger partial charge in [-0.05, 0) is 30.0 Å². The van der Waals surface area contributed by atoms with Crippen LogP contribution in [0.25, 0.3) is 0 Å². The number of aryl methyl sites for hydroxylation is 1. The molecule has 2 aromatic rings. The zero-order valence-corrected chi connectivity index (χ0v) is 19.9. The van der Waals surface area contributed by atoms with Crippen LogP contribution < -0.4 is 21.9 Å². The highest BCUT2D eigenvalue weighted by Crippen LogP contribution is 2.26. The van der Waals surface area contributed by atoms with Gasteiger partial charge in [-0.2, -0.15) is 0 Å². The van der Waals surface area contributed by atoms with E-state index in [-0.39, 0.29) is 37.2 Å². The number of carbonyl (C=O) groups is 3. The van der Waals surface area contributed by atoms with Crippen LogP contribution in [0.4, 0.5) is 11.5 Å². The number of ketones is 1. The third kappa shape index (κ3) is 4.95. The summed E-state index contributed by atoms with van der Waals surface area (Å²) in [6.45, 7) is 5.41. The standard InChI is InChI=1S/C24H30N4O6/c1-5-15-6-8-17(9-7-15)27-12-16(10-19(27)30)23(32)34-13-18(29)20-21(25)28(11-14(2)3)24(33)26(4)22(20)31/h6-9,14,16H,5,10-13,25H2,1-4H3/t16-/m0/s1. The second-order valence-corrected chi connectivity index (χ2v) is 8.87. The molecule has 0 spiro atoms. The van der Waals surface area contributed by atoms with Gasteiger partial charge in [-0.15, -0.1) is 0 Å². The van der Waals surface area contributed by atoms with Crippen LogP contribution in [0.1, 0.15) is 43.1 Å². The first-order valence-corrected chi connectivity index (χ1v) is 11.2. The van der Waals surface area contributed by atoms with Crippen LogP contribution in [-0.2, 0) is 34.3 Å². The fourth-order valence-electron chi connectivity index (χ4n) is 3.94. The van der Waals surface area contributed by atoms with E-state index in [1.807, 2.05) is 45.0 Å². The van der Waals surface area contributed by atoms with E-state index in [2.05, 4.69) is 0 Å². The van der Waals surface area contributed by atoms with Gasteiger partial charge in [0.2, 0.25) is 11.7 Å². The number of amides is 1. The number of Topliss-reactive ketones (excluding diaryl/α,β-unsaturated/α-hetero) is 1. The second kappa shape index (κ2) is 10.1. The molecule has 10 heteroatoms. The van der Waals surface area contributed by atoms with Crippen molar-refractivity contribution in [3.63, 3.8) is 0 Å². The lowest BCUT2D eigenvalue weighted by atomic mass is 10.1. The number of anilines is 2. The zero-order chi connectivity index (χ0) is 25.2. The molecule has 1 fully saturated rings. The lowest BCUT2D eigenvalue weighted by Gasteiger charge is -2.17. The predicted octanol–water partition coefficient (Wildman–Crippen LogP) is 1.13. The lowest BCUT2D eigenvalue weighted by molar-refractivity contribution is -0.147. The van der Waals surface area contributed by atoms with Gasteiger partial charge in [0.05, 0.1) is 5.92 Å². The molecule has 0 bridgehead atoms. The Bertz CT molecular complexity index is 1230. The highest BCUT2D eigenvalue weighted by Gasteiger charge is 2.36. The van der Waals surface area contributed by atoms with Crippen molar-refractivity contribution in [3.8, 4) is 0 Å². The Labute approximate surface area is 196 Å². The zero-order valence-electron chi connectivity index (χ0n) is 19.9. The lowest BCUT2D eigenvalue weighted by Crippen LogP contribution is -2.43. The summed E-state index contributed by atoms with van der Waals surface area (Å²) in [5.74, 6) is -2.67. The third-order valence-corrected chi connectivity index (χ3v) is 5.87. The van der Waals surface area contributed by atoms with Crippen LogP contribution in [0.3, 0.4) is 0 Å². The summed E-state index contributed by atoms with van der Waals surface area (Å²) in [5, 5.41) is 0. The molecule has 1 aliphatic heterocycles. The van der Waals surface area contributed by atoms with E-state index in [1.54, 1.807) is 0 Å². The van der Waals surface area contributed by atoms with E-state index in [0.29, 0.717) is 5.69 Å². The summed E-state index contributed by atoms with van der Waals surface area (Å²) in [4.78, 5) is 64.2. The fraction of sp³-hybridized carbons (Fsp3) is 0.458. The summed E-state index contributed by atoms with van der Waals surface area (Å²) in [6.07, 6.45) is 0.839. The first kappa shape index (κ1) is 24.9. The molecule has 0 saturated carbocycles. The van der Waals surface area contributed by atoms with Crippen LogP contribution >= 0.6 is 0 Å². The Kier molecular flexibility index (Phi) is 7.38. The van der Waals surface area contributed by atoms with E-state index >= 15 is 0 Å². The molecule has 0 unspecified atom stereocenters. The Balaban J connectivity index is 1.71. The second-order valence-electron chi connectivity index (χ2n) is 8.87. The largest absolute Gasteiger partial charge is 0.457 e. The monoisotopic (exact) mass is 470 g/mol. The molecule has 0 radical (unpaired) electrons. The van der Waals surface area contributed by atoms with E-state index in [9.17, 15) is 24.0 Å². The third-order valence-electron chi connectivity index (χ3n) is 5.87. The van der Waals surface area contributed by atoms with Gasteiger partial charge in [-0.25, -0.2) is 4.79 Å². The number of nitrogens with zero attached hydrogens (tertiary/aromatic N) is 3. The van der Waals surface area contributed by atoms with Gasteiger partial charge in [-0.1, -0.05) is 32.9 Å². The first-order valence-electron chi connectivity index (χ1n) is 11.2. The highest BCUT2D eigenvalue weighted by atomic mass is 16.5. The summed E-state index contributed by atoms with van der Waals surface area (Å²) in [6, 6.07) is 7.52. The molecule has 10 nitrogen and oxygen atoms in total. The Hall–Kier alpha value is -3.69. The van der Waals surface area contributed by atoms with Gasteiger partial charge in [0, 0.05) is 32.2 Å². The SMILES string of the molecule is CCc1ccc(N2C[C@@H](C(=O)OCC(=O)c3c(N)n(CC(C)C)c(=O)n(C)c3=O)CC2=O)cc1. The van der Waals surface area contributed by atoms with Crippen LogP contribution in [0, 0.1) is 11.8 Å². The molecule has 1 saturated heterocycles. The number of nitrogens with two attached hydrogens (primary N) is 1. The molecule has 2 N–H and O–H groups in total. The van der Waals surface area contributed by atoms with Crippen molar-refractivity contribution >= 4 is 29.2 Å². The number of benzene rings is 1. The van der Waals surface area contributed by atoms with Gasteiger partial charge in [0.15, 0.2) is 6.61 Å². The average Bonchev–Trinajstić information content (AvgIpc) is 3.20. The number of carbonyl (C=O) groups excluding carboxylic acids is 3. The van der Waals surface area contributed by atoms with Crippen molar-refractivity contribution in [2.45, 2.75) is 40.2 Å². The number of rotatable bonds is 8. The molecule has 1 amide bonds. The molecule has 34 heavy (non-hydrogen) atoms. The molecule has 1 atom stereocenters. The molecular formula is C24H30N4O6. The van der Waals surface area contributed by atoms with Gasteiger partial charge < -0.3 is 15.4 Å². The molecule has 1 aromatic carbocycles. The summed E-state index contributed by atoms with van der Waals surface area (Å²) in [7, 11) is 1.26. The van der Waals surface area contributed by atoms with Crippen LogP contribution in [0.2, 0.25) is 0 Å². The van der Waals surface area contributed by atoms with Gasteiger partial charge in [-0.3, -0.25) is 28.3 Å². The maximum Gasteiger partial charge on any atom is 0.332 e. The normalized spacial score (nSPS) is 15.7. The molecule has 0 aliphatic carbocycles. The Morgan fingerprint density at radius 1 is 1.15 bits per heavy atom. The number of hydrogen-bond donors (Lipinski definition) is 1. The van der Waals surface area contributed by atoms with Crippen molar-refractivity contribution in [1.82, 2.24) is 9.13 Å². The minimum atomic E-state index is -0.846. The average molecular weight is 471 g/mol. The number of aromatic nitrogens is 2. The minimum absolute atomic E-state index is 0.0360. The van der Waals surface area contributed by atoms with Gasteiger partial charge in [0.1, 0.15) is 11.4 Å². The summed E-state index contributed by atoms with van der Waals surface area (Å²) >= 11 is 0. The molecule has 2 heterocycles. The minimum Gasteiger partial charge on any atom is -0.457 e. The summed E-state index contributed by atoms with van der Waals surface area (Å²) in [5.41, 5.74) is 5.95. The van der Waals surface area contributed by atoms with Gasteiger partial charge >= 0.3 is 11.7 Å². The number of hydrogen-bond acceptors (Lipinski definition) is 7. The van der Waals surface area contributed by atoms with E-state index in [1.165, 1.54) is 16.5 Å². The Morgan fingerprint density at radius 2 is 1.79 bits per heavy atom. The van der Waals surface area contributed by atoms with Crippen molar-refractivity contribution in [2.24, 2.45) is 18.9 Å². The molecule has 182 valence electrons. The molecule has 1 aliphatic rings. The maximum absolute atomic E-state index is 12.8. The van der Waals surface area contributed by atoms with Crippen molar-refractivity contribution in [2.75, 3.05) is 23.8 Å².